The zero-order valence-electron chi connectivity index (χ0n) is 9.18. The maximum Gasteiger partial charge on any atom is 0.248 e. The van der Waals surface area contributed by atoms with Crippen LogP contribution in [0.4, 0.5) is 11.6 Å². The van der Waals surface area contributed by atoms with Crippen LogP contribution in [0, 0.1) is 11.3 Å². The highest BCUT2D eigenvalue weighted by atomic mass is 31.0. The summed E-state index contributed by atoms with van der Waals surface area (Å²) in [7, 11) is 2.27. The standard InChI is InChI=1S/C11H9N4O2P/c12-5-8-10(17-11(18)15-8)14-7-3-1-6(2-4-7)9(13)16/h1-4,14H,18H2,(H2,13,16). The number of primary amides is 1. The van der Waals surface area contributed by atoms with Crippen LogP contribution < -0.4 is 16.7 Å². The van der Waals surface area contributed by atoms with Crippen LogP contribution in [0.1, 0.15) is 16.1 Å². The predicted octanol–water partition coefficient (Wildman–Crippen LogP) is 0.889. The van der Waals surface area contributed by atoms with Gasteiger partial charge in [0.2, 0.25) is 23.1 Å². The maximum absolute atomic E-state index is 10.9. The van der Waals surface area contributed by atoms with Crippen LogP contribution in [0.5, 0.6) is 0 Å². The van der Waals surface area contributed by atoms with Crippen LogP contribution in [-0.2, 0) is 0 Å². The summed E-state index contributed by atoms with van der Waals surface area (Å²) < 4.78 is 5.21. The quantitative estimate of drug-likeness (QED) is 0.797. The number of nitrogens with zero attached hydrogens (tertiary/aromatic N) is 2. The van der Waals surface area contributed by atoms with Crippen molar-refractivity contribution in [1.82, 2.24) is 4.98 Å². The molecule has 90 valence electrons. The number of carbonyl (C=O) groups is 1. The first-order chi connectivity index (χ1) is 8.60. The van der Waals surface area contributed by atoms with Crippen LogP contribution in [0.15, 0.2) is 28.7 Å². The largest absolute Gasteiger partial charge is 0.420 e. The Morgan fingerprint density at radius 3 is 2.67 bits per heavy atom. The summed E-state index contributed by atoms with van der Waals surface area (Å²) in [6, 6.07) is 8.39. The number of hydrogen-bond acceptors (Lipinski definition) is 5. The van der Waals surface area contributed by atoms with Gasteiger partial charge in [0.1, 0.15) is 6.07 Å². The van der Waals surface area contributed by atoms with E-state index in [1.165, 1.54) is 0 Å². The minimum Gasteiger partial charge on any atom is -0.420 e. The zero-order valence-corrected chi connectivity index (χ0v) is 10.3. The van der Waals surface area contributed by atoms with Gasteiger partial charge in [-0.2, -0.15) is 10.2 Å². The van der Waals surface area contributed by atoms with E-state index in [4.69, 9.17) is 15.4 Å². The van der Waals surface area contributed by atoms with Crippen molar-refractivity contribution in [3.8, 4) is 6.07 Å². The summed E-state index contributed by atoms with van der Waals surface area (Å²) in [5.74, 6) is -0.236. The Kier molecular flexibility index (Phi) is 3.26. The van der Waals surface area contributed by atoms with Gasteiger partial charge >= 0.3 is 0 Å². The molecule has 1 unspecified atom stereocenters. The smallest absolute Gasteiger partial charge is 0.248 e. The van der Waals surface area contributed by atoms with Crippen molar-refractivity contribution in [2.75, 3.05) is 5.32 Å². The number of rotatable bonds is 3. The van der Waals surface area contributed by atoms with E-state index in [9.17, 15) is 4.79 Å². The molecule has 0 bridgehead atoms. The normalized spacial score (nSPS) is 9.78. The summed E-state index contributed by atoms with van der Waals surface area (Å²) in [6.07, 6.45) is 0. The number of amides is 1. The lowest BCUT2D eigenvalue weighted by atomic mass is 10.2. The molecule has 0 saturated carbocycles. The molecule has 1 aromatic carbocycles. The molecule has 0 radical (unpaired) electrons. The van der Waals surface area contributed by atoms with E-state index in [0.29, 0.717) is 16.9 Å². The third-order valence-corrected chi connectivity index (χ3v) is 2.42. The number of nitrogens with one attached hydrogen (secondary N) is 1. The molecule has 0 fully saturated rings. The van der Waals surface area contributed by atoms with Crippen molar-refractivity contribution in [2.45, 2.75) is 0 Å². The molecule has 1 amide bonds. The van der Waals surface area contributed by atoms with Gasteiger partial charge in [-0.3, -0.25) is 4.79 Å². The highest BCUT2D eigenvalue weighted by Gasteiger charge is 2.10. The Bertz CT molecular complexity index is 627. The number of oxazole rings is 1. The molecule has 2 rings (SSSR count). The van der Waals surface area contributed by atoms with E-state index in [1.807, 2.05) is 6.07 Å². The Morgan fingerprint density at radius 2 is 2.11 bits per heavy atom. The second kappa shape index (κ2) is 4.86. The lowest BCUT2D eigenvalue weighted by Crippen LogP contribution is -2.10. The molecule has 18 heavy (non-hydrogen) atoms. The maximum atomic E-state index is 10.9. The summed E-state index contributed by atoms with van der Waals surface area (Å²) in [5, 5.41) is 11.7. The average molecular weight is 260 g/mol. The number of carbonyl (C=O) groups excluding carboxylic acids is 1. The molecule has 0 aliphatic rings. The van der Waals surface area contributed by atoms with Crippen molar-refractivity contribution < 1.29 is 9.21 Å². The van der Waals surface area contributed by atoms with Crippen LogP contribution >= 0.6 is 9.24 Å². The van der Waals surface area contributed by atoms with Crippen LogP contribution in [0.25, 0.3) is 0 Å². The van der Waals surface area contributed by atoms with Gasteiger partial charge in [-0.25, -0.2) is 0 Å². The molecule has 3 N–H and O–H groups in total. The third-order valence-electron chi connectivity index (χ3n) is 2.18. The zero-order chi connectivity index (χ0) is 13.1. The molecule has 0 aliphatic heterocycles. The van der Waals surface area contributed by atoms with E-state index in [2.05, 4.69) is 19.5 Å². The summed E-state index contributed by atoms with van der Waals surface area (Å²) in [5.41, 5.74) is 6.69. The van der Waals surface area contributed by atoms with Gasteiger partial charge in [0, 0.05) is 11.3 Å². The molecule has 1 aromatic heterocycles. The van der Waals surface area contributed by atoms with Gasteiger partial charge < -0.3 is 15.5 Å². The first-order valence-corrected chi connectivity index (χ1v) is 5.51. The molecule has 0 spiro atoms. The van der Waals surface area contributed by atoms with Gasteiger partial charge in [0.15, 0.2) is 0 Å². The third kappa shape index (κ3) is 2.47. The van der Waals surface area contributed by atoms with E-state index in [0.717, 1.165) is 0 Å². The molecule has 1 atom stereocenters. The number of anilines is 2. The highest BCUT2D eigenvalue weighted by Crippen LogP contribution is 2.19. The van der Waals surface area contributed by atoms with Crippen molar-refractivity contribution in [3.05, 3.63) is 35.5 Å². The van der Waals surface area contributed by atoms with Crippen LogP contribution in [0.2, 0.25) is 0 Å². The minimum absolute atomic E-state index is 0.166. The fourth-order valence-electron chi connectivity index (χ4n) is 1.35. The summed E-state index contributed by atoms with van der Waals surface area (Å²) in [6.45, 7) is 0. The Balaban J connectivity index is 2.24. The number of hydrogen-bond donors (Lipinski definition) is 2. The topological polar surface area (TPSA) is 105 Å². The van der Waals surface area contributed by atoms with E-state index >= 15 is 0 Å². The van der Waals surface area contributed by atoms with Crippen LogP contribution in [0.3, 0.4) is 0 Å². The van der Waals surface area contributed by atoms with Crippen molar-refractivity contribution >= 4 is 32.4 Å². The molecule has 6 nitrogen and oxygen atoms in total. The Labute approximate surface area is 105 Å². The minimum atomic E-state index is -0.494. The first-order valence-electron chi connectivity index (χ1n) is 4.93. The van der Waals surface area contributed by atoms with Crippen molar-refractivity contribution in [1.29, 1.82) is 5.26 Å². The van der Waals surface area contributed by atoms with Gasteiger partial charge in [0.05, 0.1) is 0 Å². The monoisotopic (exact) mass is 260 g/mol. The molecule has 0 aliphatic carbocycles. The fourth-order valence-corrected chi connectivity index (χ4v) is 1.59. The second-order valence-electron chi connectivity index (χ2n) is 3.41. The van der Waals surface area contributed by atoms with E-state index in [-0.39, 0.29) is 11.6 Å². The van der Waals surface area contributed by atoms with Gasteiger partial charge in [-0.1, -0.05) is 0 Å². The fraction of sp³-hybridized carbons (Fsp3) is 0. The van der Waals surface area contributed by atoms with Gasteiger partial charge in [-0.15, -0.1) is 0 Å². The Hall–Kier alpha value is -2.38. The Morgan fingerprint density at radius 1 is 1.44 bits per heavy atom. The van der Waals surface area contributed by atoms with Crippen LogP contribution in [-0.4, -0.2) is 10.9 Å². The predicted molar refractivity (Wildman–Crippen MR) is 68.8 cm³/mol. The summed E-state index contributed by atoms with van der Waals surface area (Å²) >= 11 is 0. The first kappa shape index (κ1) is 12.1. The molecule has 7 heteroatoms. The summed E-state index contributed by atoms with van der Waals surface area (Å²) in [4.78, 5) is 14.8. The van der Waals surface area contributed by atoms with Gasteiger partial charge in [-0.05, 0) is 33.5 Å². The number of aromatic nitrogens is 1. The molecule has 2 aromatic rings. The molecule has 1 heterocycles. The molecular weight excluding hydrogens is 251 g/mol. The number of nitriles is 1. The molecular formula is C11H9N4O2P. The van der Waals surface area contributed by atoms with Crippen molar-refractivity contribution in [2.24, 2.45) is 5.73 Å². The average Bonchev–Trinajstić information content (AvgIpc) is 2.70. The van der Waals surface area contributed by atoms with E-state index < -0.39 is 5.91 Å². The SMILES string of the molecule is N#Cc1nc(P)oc1Nc1ccc(C(N)=O)cc1. The molecule has 0 saturated heterocycles. The highest BCUT2D eigenvalue weighted by molar-refractivity contribution is 7.26. The number of benzene rings is 1. The van der Waals surface area contributed by atoms with Crippen molar-refractivity contribution in [3.63, 3.8) is 0 Å². The van der Waals surface area contributed by atoms with E-state index in [1.54, 1.807) is 24.3 Å². The van der Waals surface area contributed by atoms with Gasteiger partial charge in [0.25, 0.3) is 0 Å². The number of nitrogens with two attached hydrogens (primary N) is 1. The second-order valence-corrected chi connectivity index (χ2v) is 3.90. The lowest BCUT2D eigenvalue weighted by molar-refractivity contribution is 0.100. The lowest BCUT2D eigenvalue weighted by Gasteiger charge is -2.03.